The second kappa shape index (κ2) is 5.28. The highest BCUT2D eigenvalue weighted by atomic mass is 19.1. The van der Waals surface area contributed by atoms with Gasteiger partial charge in [0.15, 0.2) is 5.82 Å². The molecule has 1 aromatic heterocycles. The van der Waals surface area contributed by atoms with Crippen LogP contribution in [0.1, 0.15) is 10.4 Å². The Morgan fingerprint density at radius 2 is 1.91 bits per heavy atom. The summed E-state index contributed by atoms with van der Waals surface area (Å²) in [5, 5.41) is 12.5. The van der Waals surface area contributed by atoms with E-state index in [9.17, 15) is 14.0 Å². The quantitative estimate of drug-likeness (QED) is 0.774. The summed E-state index contributed by atoms with van der Waals surface area (Å²) in [6.07, 6.45) is 0. The molecule has 2 aromatic carbocycles. The average molecular weight is 300 g/mol. The van der Waals surface area contributed by atoms with Crippen LogP contribution in [0.4, 0.5) is 4.39 Å². The number of nitrogens with one attached hydrogen (secondary N) is 1. The predicted molar refractivity (Wildman–Crippen MR) is 74.9 cm³/mol. The minimum absolute atomic E-state index is 0.0955. The molecule has 0 atom stereocenters. The number of hydrogen-bond donors (Lipinski definition) is 2. The van der Waals surface area contributed by atoms with E-state index in [0.29, 0.717) is 16.7 Å². The van der Waals surface area contributed by atoms with Crippen molar-refractivity contribution in [3.63, 3.8) is 0 Å². The zero-order chi connectivity index (χ0) is 15.7. The molecule has 6 nitrogen and oxygen atoms in total. The van der Waals surface area contributed by atoms with E-state index in [1.165, 1.54) is 24.3 Å². The molecular formula is C15H9FN2O4. The third-order valence-electron chi connectivity index (χ3n) is 3.05. The number of nitrogens with zero attached hydrogens (tertiary/aromatic N) is 1. The van der Waals surface area contributed by atoms with Crippen molar-refractivity contribution < 1.29 is 18.8 Å². The van der Waals surface area contributed by atoms with Gasteiger partial charge in [0, 0.05) is 5.56 Å². The maximum absolute atomic E-state index is 13.8. The second-order valence-corrected chi connectivity index (χ2v) is 4.56. The molecule has 0 saturated heterocycles. The van der Waals surface area contributed by atoms with E-state index in [0.717, 1.165) is 0 Å². The number of aromatic carboxylic acids is 1. The molecule has 0 spiro atoms. The Morgan fingerprint density at radius 3 is 2.59 bits per heavy atom. The van der Waals surface area contributed by atoms with E-state index >= 15 is 0 Å². The van der Waals surface area contributed by atoms with E-state index in [2.05, 4.69) is 14.7 Å². The molecule has 0 saturated carbocycles. The Hall–Kier alpha value is -3.22. The summed E-state index contributed by atoms with van der Waals surface area (Å²) >= 11 is 0. The Kier molecular flexibility index (Phi) is 3.30. The van der Waals surface area contributed by atoms with Gasteiger partial charge in [-0.05, 0) is 41.5 Å². The molecule has 0 unspecified atom stereocenters. The molecule has 1 heterocycles. The normalized spacial score (nSPS) is 10.6. The van der Waals surface area contributed by atoms with Gasteiger partial charge in [0.1, 0.15) is 5.82 Å². The first-order valence-corrected chi connectivity index (χ1v) is 6.23. The molecule has 3 aromatic rings. The zero-order valence-electron chi connectivity index (χ0n) is 11.0. The van der Waals surface area contributed by atoms with E-state index in [-0.39, 0.29) is 11.4 Å². The van der Waals surface area contributed by atoms with Gasteiger partial charge in [0.25, 0.3) is 0 Å². The summed E-state index contributed by atoms with van der Waals surface area (Å²) in [5.41, 5.74) is 1.41. The van der Waals surface area contributed by atoms with E-state index in [1.54, 1.807) is 18.2 Å². The average Bonchev–Trinajstić information content (AvgIpc) is 2.93. The fourth-order valence-corrected chi connectivity index (χ4v) is 2.08. The van der Waals surface area contributed by atoms with Crippen LogP contribution in [0.25, 0.3) is 22.5 Å². The fraction of sp³-hybridized carbons (Fsp3) is 0. The Labute approximate surface area is 122 Å². The number of hydrogen-bond acceptors (Lipinski definition) is 4. The maximum Gasteiger partial charge on any atom is 0.439 e. The molecule has 22 heavy (non-hydrogen) atoms. The first-order chi connectivity index (χ1) is 10.5. The van der Waals surface area contributed by atoms with Crippen molar-refractivity contribution in [2.75, 3.05) is 0 Å². The van der Waals surface area contributed by atoms with Gasteiger partial charge in [-0.2, -0.15) is 0 Å². The van der Waals surface area contributed by atoms with Gasteiger partial charge in [-0.15, -0.1) is 0 Å². The smallest absolute Gasteiger partial charge is 0.439 e. The van der Waals surface area contributed by atoms with Crippen LogP contribution in [-0.2, 0) is 0 Å². The highest BCUT2D eigenvalue weighted by Crippen LogP contribution is 2.26. The third kappa shape index (κ3) is 2.64. The Bertz CT molecular complexity index is 914. The Morgan fingerprint density at radius 1 is 1.14 bits per heavy atom. The summed E-state index contributed by atoms with van der Waals surface area (Å²) in [5.74, 6) is -2.26. The van der Waals surface area contributed by atoms with Crippen LogP contribution in [0.5, 0.6) is 0 Å². The van der Waals surface area contributed by atoms with Crippen LogP contribution in [-0.4, -0.2) is 21.2 Å². The van der Waals surface area contributed by atoms with Gasteiger partial charge in [0.05, 0.1) is 5.56 Å². The lowest BCUT2D eigenvalue weighted by Gasteiger charge is -2.05. The SMILES string of the molecule is O=C(O)c1cccc(-c2cc(F)cc(-c3noc(=O)[nH]3)c2)c1. The van der Waals surface area contributed by atoms with Crippen molar-refractivity contribution in [1.82, 2.24) is 10.1 Å². The minimum Gasteiger partial charge on any atom is -0.478 e. The molecule has 0 aliphatic rings. The molecule has 0 aliphatic heterocycles. The molecule has 7 heteroatoms. The lowest BCUT2D eigenvalue weighted by Crippen LogP contribution is -1.96. The van der Waals surface area contributed by atoms with Crippen molar-refractivity contribution in [3.05, 3.63) is 64.4 Å². The lowest BCUT2D eigenvalue weighted by atomic mass is 10.0. The molecule has 0 amide bonds. The number of H-pyrrole nitrogens is 1. The van der Waals surface area contributed by atoms with Crippen LogP contribution in [0.2, 0.25) is 0 Å². The zero-order valence-corrected chi connectivity index (χ0v) is 11.0. The van der Waals surface area contributed by atoms with Crippen molar-refractivity contribution in [2.45, 2.75) is 0 Å². The molecular weight excluding hydrogens is 291 g/mol. The van der Waals surface area contributed by atoms with Crippen LogP contribution >= 0.6 is 0 Å². The molecule has 2 N–H and O–H groups in total. The van der Waals surface area contributed by atoms with Gasteiger partial charge in [-0.3, -0.25) is 9.51 Å². The minimum atomic E-state index is -1.07. The van der Waals surface area contributed by atoms with Gasteiger partial charge >= 0.3 is 11.7 Å². The highest BCUT2D eigenvalue weighted by Gasteiger charge is 2.10. The number of rotatable bonds is 3. The molecule has 0 aliphatic carbocycles. The van der Waals surface area contributed by atoms with Gasteiger partial charge < -0.3 is 5.11 Å². The number of halogens is 1. The molecule has 0 radical (unpaired) electrons. The highest BCUT2D eigenvalue weighted by molar-refractivity contribution is 5.89. The summed E-state index contributed by atoms with van der Waals surface area (Å²) < 4.78 is 18.2. The fourth-order valence-electron chi connectivity index (χ4n) is 2.08. The number of aromatic amines is 1. The number of benzene rings is 2. The summed E-state index contributed by atoms with van der Waals surface area (Å²) in [6.45, 7) is 0. The monoisotopic (exact) mass is 300 g/mol. The molecule has 0 bridgehead atoms. The van der Waals surface area contributed by atoms with Gasteiger partial charge in [0.2, 0.25) is 0 Å². The number of carboxylic acids is 1. The van der Waals surface area contributed by atoms with Crippen LogP contribution in [0.3, 0.4) is 0 Å². The van der Waals surface area contributed by atoms with E-state index < -0.39 is 17.5 Å². The number of carbonyl (C=O) groups is 1. The number of carboxylic acid groups (broad SMARTS) is 1. The van der Waals surface area contributed by atoms with Crippen molar-refractivity contribution in [1.29, 1.82) is 0 Å². The molecule has 110 valence electrons. The van der Waals surface area contributed by atoms with E-state index in [4.69, 9.17) is 5.11 Å². The summed E-state index contributed by atoms with van der Waals surface area (Å²) in [4.78, 5) is 24.3. The van der Waals surface area contributed by atoms with E-state index in [1.807, 2.05) is 0 Å². The molecule has 0 fully saturated rings. The summed E-state index contributed by atoms with van der Waals surface area (Å²) in [6, 6.07) is 10.2. The number of aromatic nitrogens is 2. The van der Waals surface area contributed by atoms with Crippen LogP contribution in [0.15, 0.2) is 51.8 Å². The van der Waals surface area contributed by atoms with Crippen molar-refractivity contribution >= 4 is 5.97 Å². The van der Waals surface area contributed by atoms with Crippen LogP contribution < -0.4 is 5.76 Å². The maximum atomic E-state index is 13.8. The molecule has 3 rings (SSSR count). The predicted octanol–water partition coefficient (Wildman–Crippen LogP) is 2.53. The third-order valence-corrected chi connectivity index (χ3v) is 3.05. The standard InChI is InChI=1S/C15H9FN2O4/c16-12-6-10(8-2-1-3-9(4-8)14(19)20)5-11(7-12)13-17-15(21)22-18-13/h1-7H,(H,19,20)(H,17,18,21). The first-order valence-electron chi connectivity index (χ1n) is 6.23. The Balaban J connectivity index is 2.12. The van der Waals surface area contributed by atoms with Gasteiger partial charge in [-0.25, -0.2) is 14.0 Å². The van der Waals surface area contributed by atoms with Crippen LogP contribution in [0, 0.1) is 5.82 Å². The topological polar surface area (TPSA) is 96.2 Å². The lowest BCUT2D eigenvalue weighted by molar-refractivity contribution is 0.0697. The van der Waals surface area contributed by atoms with Gasteiger partial charge in [-0.1, -0.05) is 17.3 Å². The first kappa shape index (κ1) is 13.7. The largest absolute Gasteiger partial charge is 0.478 e. The van der Waals surface area contributed by atoms with Crippen molar-refractivity contribution in [2.24, 2.45) is 0 Å². The summed E-state index contributed by atoms with van der Waals surface area (Å²) in [7, 11) is 0. The second-order valence-electron chi connectivity index (χ2n) is 4.56. The van der Waals surface area contributed by atoms with Crippen molar-refractivity contribution in [3.8, 4) is 22.5 Å².